The van der Waals surface area contributed by atoms with Crippen LogP contribution < -0.4 is 10.4 Å². The molecule has 0 unspecified atom stereocenters. The lowest BCUT2D eigenvalue weighted by molar-refractivity contribution is 0.00578. The van der Waals surface area contributed by atoms with Gasteiger partial charge in [-0.15, -0.1) is 6.58 Å². The van der Waals surface area contributed by atoms with Crippen molar-refractivity contribution < 1.29 is 9.31 Å². The molecule has 1 aliphatic carbocycles. The molecule has 1 saturated heterocycles. The van der Waals surface area contributed by atoms with Crippen LogP contribution >= 0.6 is 0 Å². The van der Waals surface area contributed by atoms with Crippen molar-refractivity contribution in [3.8, 4) is 0 Å². The van der Waals surface area contributed by atoms with E-state index in [1.54, 1.807) is 0 Å². The van der Waals surface area contributed by atoms with E-state index < -0.39 is 8.07 Å². The molecule has 1 saturated carbocycles. The number of hydrogen-bond acceptors (Lipinski definition) is 2. The van der Waals surface area contributed by atoms with E-state index in [2.05, 4.69) is 101 Å². The first-order chi connectivity index (χ1) is 15.7. The Labute approximate surface area is 202 Å². The molecule has 1 aliphatic heterocycles. The van der Waals surface area contributed by atoms with Crippen LogP contribution in [0.5, 0.6) is 0 Å². The topological polar surface area (TPSA) is 18.5 Å². The molecule has 0 spiro atoms. The van der Waals surface area contributed by atoms with E-state index in [1.165, 1.54) is 48.9 Å². The number of allylic oxidation sites excluding steroid dienone is 1. The highest BCUT2D eigenvalue weighted by molar-refractivity contribution is 7.02. The molecule has 2 aromatic rings. The first-order valence-electron chi connectivity index (χ1n) is 12.8. The molecule has 2 aromatic carbocycles. The second-order valence-electron chi connectivity index (χ2n) is 11.3. The largest absolute Gasteiger partial charge is 0.490 e. The highest BCUT2D eigenvalue weighted by Gasteiger charge is 2.54. The average molecular weight is 461 g/mol. The summed E-state index contributed by atoms with van der Waals surface area (Å²) in [4.78, 5) is 0. The van der Waals surface area contributed by atoms with E-state index in [9.17, 15) is 0 Å². The molecule has 0 amide bonds. The van der Waals surface area contributed by atoms with Gasteiger partial charge < -0.3 is 9.31 Å². The van der Waals surface area contributed by atoms with Crippen LogP contribution in [0.25, 0.3) is 0 Å². The van der Waals surface area contributed by atoms with Gasteiger partial charge >= 0.3 is 7.12 Å². The van der Waals surface area contributed by atoms with Crippen molar-refractivity contribution in [1.82, 2.24) is 0 Å². The molecule has 4 rings (SSSR count). The second-order valence-corrected chi connectivity index (χ2v) is 15.6. The molecule has 2 aliphatic rings. The van der Waals surface area contributed by atoms with Crippen molar-refractivity contribution in [1.29, 1.82) is 0 Å². The third-order valence-electron chi connectivity index (χ3n) is 8.79. The maximum Gasteiger partial charge on any atom is 0.490 e. The van der Waals surface area contributed by atoms with Gasteiger partial charge in [0.15, 0.2) is 0 Å². The van der Waals surface area contributed by atoms with E-state index in [1.807, 2.05) is 0 Å². The van der Waals surface area contributed by atoms with Crippen LogP contribution in [0, 0.1) is 5.92 Å². The van der Waals surface area contributed by atoms with Crippen LogP contribution in [-0.2, 0) is 9.31 Å². The van der Waals surface area contributed by atoms with Crippen LogP contribution in [0.3, 0.4) is 0 Å². The molecule has 0 aromatic heterocycles. The molecule has 33 heavy (non-hydrogen) atoms. The number of benzene rings is 2. The lowest BCUT2D eigenvalue weighted by Gasteiger charge is -2.44. The van der Waals surface area contributed by atoms with Gasteiger partial charge in [0.1, 0.15) is 8.07 Å². The molecular weight excluding hydrogens is 419 g/mol. The van der Waals surface area contributed by atoms with Gasteiger partial charge in [-0.2, -0.15) is 0 Å². The minimum absolute atomic E-state index is 0.327. The first-order valence-corrected chi connectivity index (χ1v) is 15.4. The molecule has 0 N–H and O–H groups in total. The quantitative estimate of drug-likeness (QED) is 0.480. The Kier molecular flexibility index (Phi) is 7.10. The number of rotatable bonds is 5. The zero-order valence-corrected chi connectivity index (χ0v) is 22.3. The summed E-state index contributed by atoms with van der Waals surface area (Å²) in [6, 6.07) is 22.6. The van der Waals surface area contributed by atoms with Crippen molar-refractivity contribution >= 4 is 25.6 Å². The molecule has 2 atom stereocenters. The first kappa shape index (κ1) is 24.5. The van der Waals surface area contributed by atoms with Gasteiger partial charge in [-0.3, -0.25) is 0 Å². The third-order valence-corrected chi connectivity index (χ3v) is 14.0. The van der Waals surface area contributed by atoms with E-state index in [4.69, 9.17) is 9.31 Å². The molecule has 0 radical (unpaired) electrons. The van der Waals surface area contributed by atoms with Gasteiger partial charge in [0.25, 0.3) is 0 Å². The molecular formula is C29H41BO2Si. The number of hydrogen-bond donors (Lipinski definition) is 0. The predicted octanol–water partition coefficient (Wildman–Crippen LogP) is 6.41. The SMILES string of the molecule is C=C(B1OC(C)(C)C(C)(C)O1)[C@@H]1CCCCCC[C@@H]1[Si](C)(c1ccccc1)c1ccccc1. The fraction of sp³-hybridized carbons (Fsp3) is 0.517. The molecule has 0 bridgehead atoms. The summed E-state index contributed by atoms with van der Waals surface area (Å²) >= 11 is 0. The van der Waals surface area contributed by atoms with E-state index in [-0.39, 0.29) is 18.3 Å². The fourth-order valence-electron chi connectivity index (χ4n) is 5.95. The van der Waals surface area contributed by atoms with Crippen LogP contribution in [-0.4, -0.2) is 26.4 Å². The Balaban J connectivity index is 1.77. The monoisotopic (exact) mass is 460 g/mol. The van der Waals surface area contributed by atoms with E-state index in [0.717, 1.165) is 5.47 Å². The van der Waals surface area contributed by atoms with Gasteiger partial charge in [0, 0.05) is 0 Å². The molecule has 176 valence electrons. The lowest BCUT2D eigenvalue weighted by atomic mass is 9.68. The summed E-state index contributed by atoms with van der Waals surface area (Å²) in [7, 11) is -2.40. The summed E-state index contributed by atoms with van der Waals surface area (Å²) in [5.41, 5.74) is 1.05. The zero-order chi connectivity index (χ0) is 23.7. The van der Waals surface area contributed by atoms with Gasteiger partial charge in [0.05, 0.1) is 11.2 Å². The maximum atomic E-state index is 6.52. The summed E-state index contributed by atoms with van der Waals surface area (Å²) in [5, 5.41) is 3.04. The Morgan fingerprint density at radius 2 is 1.24 bits per heavy atom. The van der Waals surface area contributed by atoms with E-state index in [0.29, 0.717) is 11.5 Å². The lowest BCUT2D eigenvalue weighted by Crippen LogP contribution is -2.61. The maximum absolute atomic E-state index is 6.52. The van der Waals surface area contributed by atoms with Crippen LogP contribution in [0.4, 0.5) is 0 Å². The summed E-state index contributed by atoms with van der Waals surface area (Å²) in [6.45, 7) is 15.8. The summed E-state index contributed by atoms with van der Waals surface area (Å²) in [6.07, 6.45) is 7.62. The summed E-state index contributed by atoms with van der Waals surface area (Å²) in [5.74, 6) is 0.400. The standard InChI is InChI=1S/C29H41BO2Si/c1-23(30-31-28(2,3)29(4,5)32-30)26-21-15-7-8-16-22-27(26)33(6,24-17-11-9-12-18-24)25-19-13-10-14-20-25/h9-14,17-20,26-27H,1,7-8,15-16,21-22H2,2-6H3/t26-,27-/m0/s1. The van der Waals surface area contributed by atoms with Gasteiger partial charge in [-0.1, -0.05) is 110 Å². The molecule has 2 nitrogen and oxygen atoms in total. The Morgan fingerprint density at radius 1 is 0.788 bits per heavy atom. The Hall–Kier alpha value is -1.62. The predicted molar refractivity (Wildman–Crippen MR) is 144 cm³/mol. The molecule has 4 heteroatoms. The van der Waals surface area contributed by atoms with Gasteiger partial charge in [-0.25, -0.2) is 0 Å². The fourth-order valence-corrected chi connectivity index (χ4v) is 10.9. The Morgan fingerprint density at radius 3 is 1.73 bits per heavy atom. The Bertz CT molecular complexity index is 885. The van der Waals surface area contributed by atoms with E-state index >= 15 is 0 Å². The van der Waals surface area contributed by atoms with Gasteiger partial charge in [0.2, 0.25) is 0 Å². The molecule has 2 fully saturated rings. The highest BCUT2D eigenvalue weighted by Crippen LogP contribution is 2.47. The van der Waals surface area contributed by atoms with Crippen molar-refractivity contribution in [3.63, 3.8) is 0 Å². The van der Waals surface area contributed by atoms with Crippen molar-refractivity contribution in [2.24, 2.45) is 5.92 Å². The highest BCUT2D eigenvalue weighted by atomic mass is 28.3. The molecule has 1 heterocycles. The van der Waals surface area contributed by atoms with Crippen molar-refractivity contribution in [2.75, 3.05) is 0 Å². The smallest absolute Gasteiger partial charge is 0.400 e. The van der Waals surface area contributed by atoms with Crippen LogP contribution in [0.1, 0.15) is 66.2 Å². The zero-order valence-electron chi connectivity index (χ0n) is 21.3. The van der Waals surface area contributed by atoms with Gasteiger partial charge in [-0.05, 0) is 51.0 Å². The van der Waals surface area contributed by atoms with Crippen LogP contribution in [0.15, 0.2) is 72.7 Å². The van der Waals surface area contributed by atoms with Crippen molar-refractivity contribution in [3.05, 3.63) is 72.7 Å². The third kappa shape index (κ3) is 4.67. The normalized spacial score (nSPS) is 25.3. The van der Waals surface area contributed by atoms with Crippen LogP contribution in [0.2, 0.25) is 12.1 Å². The average Bonchev–Trinajstić information content (AvgIpc) is 3.01. The second kappa shape index (κ2) is 9.56. The minimum atomic E-state index is -2.08. The minimum Gasteiger partial charge on any atom is -0.400 e. The summed E-state index contributed by atoms with van der Waals surface area (Å²) < 4.78 is 13.0. The van der Waals surface area contributed by atoms with Crippen molar-refractivity contribution in [2.45, 2.75) is 89.5 Å².